The highest BCUT2D eigenvalue weighted by molar-refractivity contribution is 9.15. The first-order valence-corrected chi connectivity index (χ1v) is 13.1. The summed E-state index contributed by atoms with van der Waals surface area (Å²) < 4.78 is 1.57. The molecule has 0 fully saturated rings. The van der Waals surface area contributed by atoms with Crippen LogP contribution >= 0.6 is 75.3 Å². The molecule has 4 rings (SSSR count). The minimum atomic E-state index is -0.787. The van der Waals surface area contributed by atoms with Gasteiger partial charge in [0.05, 0.1) is 38.7 Å². The van der Waals surface area contributed by atoms with Crippen LogP contribution in [-0.4, -0.2) is 32.7 Å². The van der Waals surface area contributed by atoms with Crippen LogP contribution in [0.2, 0.25) is 5.02 Å². The topological polar surface area (TPSA) is 101 Å². The van der Waals surface area contributed by atoms with E-state index in [1.165, 1.54) is 30.3 Å². The summed E-state index contributed by atoms with van der Waals surface area (Å²) in [4.78, 5) is 51.8. The maximum Gasteiger partial charge on any atom is 0.282 e. The summed E-state index contributed by atoms with van der Waals surface area (Å²) >= 11 is 19.6. The van der Waals surface area contributed by atoms with Gasteiger partial charge in [0.25, 0.3) is 23.4 Å². The number of nitro groups is 1. The fourth-order valence-electron chi connectivity index (χ4n) is 3.55. The van der Waals surface area contributed by atoms with E-state index in [1.807, 2.05) is 0 Å². The summed E-state index contributed by atoms with van der Waals surface area (Å²) in [6.45, 7) is -0.440. The van der Waals surface area contributed by atoms with Crippen molar-refractivity contribution in [2.24, 2.45) is 0 Å². The van der Waals surface area contributed by atoms with Gasteiger partial charge in [-0.1, -0.05) is 41.9 Å². The quantitative estimate of drug-likeness (QED) is 0.0907. The average Bonchev–Trinajstić information content (AvgIpc) is 3.09. The number of carbonyl (C=O) groups excluding carboxylic acids is 3. The zero-order valence-corrected chi connectivity index (χ0v) is 24.2. The summed E-state index contributed by atoms with van der Waals surface area (Å²) in [6, 6.07) is 11.9. The predicted octanol–water partition coefficient (Wildman–Crippen LogP) is 7.15. The summed E-state index contributed by atoms with van der Waals surface area (Å²) in [5, 5.41) is 13.2. The molecule has 1 heterocycles. The molecule has 0 atom stereocenters. The number of hydrazine groups is 1. The Labute approximate surface area is 236 Å². The van der Waals surface area contributed by atoms with E-state index in [-0.39, 0.29) is 33.0 Å². The molecule has 8 nitrogen and oxygen atoms in total. The molecule has 1 aliphatic rings. The number of amides is 3. The van der Waals surface area contributed by atoms with Crippen molar-refractivity contribution in [3.05, 3.63) is 104 Å². The SMILES string of the molecule is O=C(c1ccccc1Cl)N(Cc1ccccc1[N+](=O)[O-])N1C(=O)c2c(Br)c(Br)c(Br)c(Br)c2C1=O. The van der Waals surface area contributed by atoms with Crippen LogP contribution < -0.4 is 0 Å². The van der Waals surface area contributed by atoms with E-state index in [1.54, 1.807) is 18.2 Å². The maximum atomic E-state index is 13.7. The van der Waals surface area contributed by atoms with Crippen molar-refractivity contribution in [2.45, 2.75) is 6.54 Å². The van der Waals surface area contributed by atoms with Crippen molar-refractivity contribution in [3.8, 4) is 0 Å². The highest BCUT2D eigenvalue weighted by Gasteiger charge is 2.46. The Balaban J connectivity index is 1.90. The lowest BCUT2D eigenvalue weighted by Gasteiger charge is -2.30. The van der Waals surface area contributed by atoms with Gasteiger partial charge in [-0.25, -0.2) is 5.01 Å². The van der Waals surface area contributed by atoms with Gasteiger partial charge in [0.1, 0.15) is 0 Å². The van der Waals surface area contributed by atoms with Gasteiger partial charge in [0, 0.05) is 24.0 Å². The van der Waals surface area contributed by atoms with Gasteiger partial charge in [-0.3, -0.25) is 24.5 Å². The van der Waals surface area contributed by atoms with Crippen molar-refractivity contribution in [1.29, 1.82) is 0 Å². The van der Waals surface area contributed by atoms with Crippen LogP contribution in [0.5, 0.6) is 0 Å². The zero-order valence-electron chi connectivity index (χ0n) is 17.1. The summed E-state index contributed by atoms with van der Waals surface area (Å²) in [5.41, 5.74) is -0.0818. The van der Waals surface area contributed by atoms with Crippen LogP contribution in [-0.2, 0) is 6.54 Å². The zero-order chi connectivity index (χ0) is 25.6. The lowest BCUT2D eigenvalue weighted by atomic mass is 10.1. The lowest BCUT2D eigenvalue weighted by molar-refractivity contribution is -0.385. The number of imide groups is 1. The highest BCUT2D eigenvalue weighted by atomic mass is 79.9. The van der Waals surface area contributed by atoms with Crippen molar-refractivity contribution in [3.63, 3.8) is 0 Å². The molecule has 0 bridgehead atoms. The van der Waals surface area contributed by atoms with E-state index in [2.05, 4.69) is 63.7 Å². The highest BCUT2D eigenvalue weighted by Crippen LogP contribution is 2.46. The van der Waals surface area contributed by atoms with E-state index in [9.17, 15) is 24.5 Å². The number of carbonyl (C=O) groups is 3. The molecular formula is C22H10Br4ClN3O5. The molecule has 0 saturated heterocycles. The van der Waals surface area contributed by atoms with E-state index in [0.29, 0.717) is 22.9 Å². The fraction of sp³-hybridized carbons (Fsp3) is 0.0455. The van der Waals surface area contributed by atoms with Crippen molar-refractivity contribution < 1.29 is 19.3 Å². The molecule has 0 aliphatic carbocycles. The first-order chi connectivity index (χ1) is 16.6. The molecular weight excluding hydrogens is 741 g/mol. The van der Waals surface area contributed by atoms with Crippen LogP contribution in [0, 0.1) is 10.1 Å². The summed E-state index contributed by atoms with van der Waals surface area (Å²) in [5.74, 6) is -2.36. The predicted molar refractivity (Wildman–Crippen MR) is 142 cm³/mol. The largest absolute Gasteiger partial charge is 0.282 e. The molecule has 0 aromatic heterocycles. The monoisotopic (exact) mass is 747 g/mol. The van der Waals surface area contributed by atoms with Gasteiger partial charge in [0.15, 0.2) is 0 Å². The first kappa shape index (κ1) is 26.0. The van der Waals surface area contributed by atoms with Gasteiger partial charge in [-0.15, -0.1) is 0 Å². The van der Waals surface area contributed by atoms with Gasteiger partial charge >= 0.3 is 0 Å². The molecule has 13 heteroatoms. The molecule has 0 saturated carbocycles. The normalized spacial score (nSPS) is 12.7. The Morgan fingerprint density at radius 1 is 0.886 bits per heavy atom. The van der Waals surface area contributed by atoms with Crippen molar-refractivity contribution >= 4 is 98.7 Å². The Bertz CT molecular complexity index is 1400. The first-order valence-electron chi connectivity index (χ1n) is 9.59. The van der Waals surface area contributed by atoms with Crippen LogP contribution in [0.4, 0.5) is 5.69 Å². The number of nitrogens with zero attached hydrogens (tertiary/aromatic N) is 3. The molecule has 35 heavy (non-hydrogen) atoms. The fourth-order valence-corrected chi connectivity index (χ4v) is 6.22. The van der Waals surface area contributed by atoms with Gasteiger partial charge in [0.2, 0.25) is 0 Å². The average molecular weight is 751 g/mol. The van der Waals surface area contributed by atoms with E-state index in [4.69, 9.17) is 11.6 Å². The lowest BCUT2D eigenvalue weighted by Crippen LogP contribution is -2.49. The summed E-state index contributed by atoms with van der Waals surface area (Å²) in [7, 11) is 0. The molecule has 0 N–H and O–H groups in total. The van der Waals surface area contributed by atoms with Crippen LogP contribution in [0.1, 0.15) is 36.6 Å². The molecule has 0 unspecified atom stereocenters. The second-order valence-corrected chi connectivity index (χ2v) is 10.7. The van der Waals surface area contributed by atoms with Gasteiger partial charge in [-0.2, -0.15) is 5.01 Å². The smallest absolute Gasteiger partial charge is 0.267 e. The van der Waals surface area contributed by atoms with E-state index >= 15 is 0 Å². The third kappa shape index (κ3) is 4.46. The van der Waals surface area contributed by atoms with Crippen molar-refractivity contribution in [2.75, 3.05) is 0 Å². The minimum absolute atomic E-state index is 0.0183. The second-order valence-electron chi connectivity index (χ2n) is 7.16. The third-order valence-corrected chi connectivity index (χ3v) is 10.3. The molecule has 3 amide bonds. The Morgan fingerprint density at radius 3 is 1.94 bits per heavy atom. The maximum absolute atomic E-state index is 13.7. The molecule has 0 spiro atoms. The molecule has 178 valence electrons. The molecule has 0 radical (unpaired) electrons. The molecule has 3 aromatic rings. The van der Waals surface area contributed by atoms with Crippen LogP contribution in [0.25, 0.3) is 0 Å². The van der Waals surface area contributed by atoms with Gasteiger partial charge < -0.3 is 0 Å². The Morgan fingerprint density at radius 2 is 1.40 bits per heavy atom. The van der Waals surface area contributed by atoms with Crippen LogP contribution in [0.15, 0.2) is 66.4 Å². The molecule has 3 aromatic carbocycles. The number of halogens is 5. The number of hydrogen-bond acceptors (Lipinski definition) is 5. The Hall–Kier alpha value is -2.12. The van der Waals surface area contributed by atoms with Gasteiger partial charge in [-0.05, 0) is 75.9 Å². The number of rotatable bonds is 5. The second kappa shape index (κ2) is 10.1. The number of fused-ring (bicyclic) bond motifs is 1. The number of para-hydroxylation sites is 1. The van der Waals surface area contributed by atoms with Crippen molar-refractivity contribution in [1.82, 2.24) is 10.0 Å². The number of hydrogen-bond donors (Lipinski definition) is 0. The Kier molecular flexibility index (Phi) is 7.49. The minimum Gasteiger partial charge on any atom is -0.267 e. The third-order valence-electron chi connectivity index (χ3n) is 5.17. The molecule has 1 aliphatic heterocycles. The van der Waals surface area contributed by atoms with E-state index < -0.39 is 29.2 Å². The van der Waals surface area contributed by atoms with Crippen LogP contribution in [0.3, 0.4) is 0 Å². The number of nitro benzene ring substituents is 1. The van der Waals surface area contributed by atoms with E-state index in [0.717, 1.165) is 5.01 Å². The number of benzene rings is 3. The standard InChI is InChI=1S/C22H10Br4ClN3O5/c23-16-14-15(17(24)19(26)18(16)25)22(33)29(21(14)32)28(20(31)11-6-2-3-7-12(11)27)9-10-5-1-4-8-13(10)30(34)35/h1-8H,9H2. The summed E-state index contributed by atoms with van der Waals surface area (Å²) in [6.07, 6.45) is 0.